The number of hydrogen-bond acceptors (Lipinski definition) is 1. The Morgan fingerprint density at radius 3 is 1.72 bits per heavy atom. The van der Waals surface area contributed by atoms with E-state index in [9.17, 15) is 4.39 Å². The van der Waals surface area contributed by atoms with Crippen LogP contribution in [0.1, 0.15) is 0 Å². The van der Waals surface area contributed by atoms with Crippen LogP contribution in [0.4, 0.5) is 4.39 Å². The topological polar surface area (TPSA) is 12.9 Å². The molecule has 0 aliphatic heterocycles. The van der Waals surface area contributed by atoms with E-state index in [1.807, 2.05) is 0 Å². The average Bonchev–Trinajstić information content (AvgIpc) is 2.59. The maximum atomic E-state index is 14.3. The minimum atomic E-state index is -0.569. The van der Waals surface area contributed by atoms with Crippen LogP contribution >= 0.6 is 69.6 Å². The maximum Gasteiger partial charge on any atom is 0.149 e. The van der Waals surface area contributed by atoms with E-state index in [2.05, 4.69) is 4.98 Å². The monoisotopic (exact) mass is 453 g/mol. The summed E-state index contributed by atoms with van der Waals surface area (Å²) >= 11 is 36.4. The molecule has 0 saturated carbocycles. The normalized spacial score (nSPS) is 11.0. The van der Waals surface area contributed by atoms with Gasteiger partial charge in [-0.15, -0.1) is 0 Å². The molecule has 0 radical (unpaired) electrons. The molecule has 0 aliphatic carbocycles. The highest BCUT2D eigenvalue weighted by molar-refractivity contribution is 6.49. The van der Waals surface area contributed by atoms with Crippen molar-refractivity contribution in [2.45, 2.75) is 0 Å². The summed E-state index contributed by atoms with van der Waals surface area (Å²) in [5, 5.41) is 1.23. The third-order valence-corrected chi connectivity index (χ3v) is 6.03. The second kappa shape index (κ2) is 7.48. The highest BCUT2D eigenvalue weighted by Gasteiger charge is 2.18. The highest BCUT2D eigenvalue weighted by Crippen LogP contribution is 2.41. The van der Waals surface area contributed by atoms with Crippen molar-refractivity contribution in [3.63, 3.8) is 0 Å². The van der Waals surface area contributed by atoms with Gasteiger partial charge >= 0.3 is 0 Å². The Hall–Kier alpha value is -0.740. The lowest BCUT2D eigenvalue weighted by Crippen LogP contribution is -1.94. The predicted octanol–water partition coefficient (Wildman–Crippen LogP) is 8.48. The number of nitrogens with zero attached hydrogens (tertiary/aromatic N) is 1. The van der Waals surface area contributed by atoms with Crippen molar-refractivity contribution in [2.24, 2.45) is 0 Å². The van der Waals surface area contributed by atoms with Gasteiger partial charge in [-0.05, 0) is 36.4 Å². The van der Waals surface area contributed by atoms with E-state index in [1.165, 1.54) is 18.2 Å². The van der Waals surface area contributed by atoms with Crippen LogP contribution in [0.2, 0.25) is 30.1 Å². The minimum absolute atomic E-state index is 0.0169. The summed E-state index contributed by atoms with van der Waals surface area (Å²) < 4.78 is 14.3. The van der Waals surface area contributed by atoms with Crippen LogP contribution < -0.4 is 0 Å². The third-order valence-electron chi connectivity index (χ3n) is 3.45. The van der Waals surface area contributed by atoms with Crippen LogP contribution in [0.15, 0.2) is 36.4 Å². The quantitative estimate of drug-likeness (QED) is 0.353. The molecule has 0 spiro atoms. The van der Waals surface area contributed by atoms with Gasteiger partial charge < -0.3 is 0 Å². The van der Waals surface area contributed by atoms with Crippen LogP contribution in [-0.2, 0) is 0 Å². The van der Waals surface area contributed by atoms with E-state index in [4.69, 9.17) is 69.6 Å². The zero-order valence-electron chi connectivity index (χ0n) is 12.1. The molecule has 3 aromatic rings. The smallest absolute Gasteiger partial charge is 0.149 e. The third kappa shape index (κ3) is 3.57. The van der Waals surface area contributed by atoms with Crippen molar-refractivity contribution < 1.29 is 4.39 Å². The van der Waals surface area contributed by atoms with Gasteiger partial charge in [0.25, 0.3) is 0 Å². The van der Waals surface area contributed by atoms with Gasteiger partial charge in [0, 0.05) is 11.1 Å². The van der Waals surface area contributed by atoms with Crippen molar-refractivity contribution in [2.75, 3.05) is 0 Å². The molecule has 0 bridgehead atoms. The Labute approximate surface area is 173 Å². The van der Waals surface area contributed by atoms with Crippen molar-refractivity contribution in [3.8, 4) is 22.5 Å². The van der Waals surface area contributed by atoms with Gasteiger partial charge in [0.05, 0.1) is 35.8 Å². The Bertz CT molecular complexity index is 989. The summed E-state index contributed by atoms with van der Waals surface area (Å²) in [7, 11) is 0. The molecule has 0 atom stereocenters. The summed E-state index contributed by atoms with van der Waals surface area (Å²) in [5.41, 5.74) is 1.24. The summed E-state index contributed by atoms with van der Waals surface area (Å²) in [6.45, 7) is 0. The molecule has 1 nitrogen and oxygen atoms in total. The molecule has 2 aromatic carbocycles. The Kier molecular flexibility index (Phi) is 5.69. The average molecular weight is 456 g/mol. The number of aromatic nitrogens is 1. The van der Waals surface area contributed by atoms with E-state index < -0.39 is 5.82 Å². The predicted molar refractivity (Wildman–Crippen MR) is 105 cm³/mol. The largest absolute Gasteiger partial charge is 0.245 e. The van der Waals surface area contributed by atoms with Gasteiger partial charge in [0.15, 0.2) is 0 Å². The van der Waals surface area contributed by atoms with Gasteiger partial charge in [-0.3, -0.25) is 0 Å². The minimum Gasteiger partial charge on any atom is -0.245 e. The lowest BCUT2D eigenvalue weighted by molar-refractivity contribution is 0.626. The molecule has 25 heavy (non-hydrogen) atoms. The first-order chi connectivity index (χ1) is 11.8. The van der Waals surface area contributed by atoms with Crippen LogP contribution in [0.25, 0.3) is 22.5 Å². The first kappa shape index (κ1) is 19.0. The van der Waals surface area contributed by atoms with Gasteiger partial charge in [0.2, 0.25) is 0 Å². The number of rotatable bonds is 2. The first-order valence-electron chi connectivity index (χ1n) is 6.75. The second-order valence-corrected chi connectivity index (χ2v) is 7.30. The van der Waals surface area contributed by atoms with Crippen LogP contribution in [0.3, 0.4) is 0 Å². The second-order valence-electron chi connectivity index (χ2n) is 4.97. The van der Waals surface area contributed by atoms with Crippen molar-refractivity contribution in [1.82, 2.24) is 4.98 Å². The fourth-order valence-corrected chi connectivity index (χ4v) is 3.47. The molecule has 0 aliphatic rings. The molecule has 1 heterocycles. The molecule has 3 rings (SSSR count). The molecule has 1 aromatic heterocycles. The van der Waals surface area contributed by atoms with E-state index in [0.717, 1.165) is 0 Å². The Morgan fingerprint density at radius 1 is 0.600 bits per heavy atom. The summed E-state index contributed by atoms with van der Waals surface area (Å²) in [6.07, 6.45) is 0. The van der Waals surface area contributed by atoms with Crippen molar-refractivity contribution in [3.05, 3.63) is 72.4 Å². The molecule has 0 saturated heterocycles. The Balaban J connectivity index is 2.21. The molecule has 0 unspecified atom stereocenters. The molecule has 0 amide bonds. The van der Waals surface area contributed by atoms with Crippen LogP contribution in [-0.4, -0.2) is 4.98 Å². The molecular formula is C17H6Cl6FN. The van der Waals surface area contributed by atoms with Gasteiger partial charge in [-0.2, -0.15) is 0 Å². The lowest BCUT2D eigenvalue weighted by Gasteiger charge is -2.11. The number of hydrogen-bond donors (Lipinski definition) is 0. The lowest BCUT2D eigenvalue weighted by atomic mass is 10.1. The van der Waals surface area contributed by atoms with Gasteiger partial charge in [0.1, 0.15) is 11.5 Å². The maximum absolute atomic E-state index is 14.3. The van der Waals surface area contributed by atoms with E-state index in [-0.39, 0.29) is 30.8 Å². The fraction of sp³-hybridized carbons (Fsp3) is 0. The highest BCUT2D eigenvalue weighted by atomic mass is 35.5. The zero-order valence-corrected chi connectivity index (χ0v) is 16.6. The van der Waals surface area contributed by atoms with E-state index in [1.54, 1.807) is 18.2 Å². The zero-order chi connectivity index (χ0) is 18.3. The number of pyridine rings is 1. The van der Waals surface area contributed by atoms with Crippen LogP contribution in [0, 0.1) is 5.82 Å². The summed E-state index contributed by atoms with van der Waals surface area (Å²) in [5.74, 6) is -0.569. The number of halogens is 7. The van der Waals surface area contributed by atoms with E-state index in [0.29, 0.717) is 21.8 Å². The molecule has 0 fully saturated rings. The standard InChI is InChI=1S/C17H6Cl6FN/c18-9-3-1-7(13(20)15(9)22)12-6-5-11(24)17(25-12)8-2-4-10(19)16(23)14(8)21/h1-6H. The van der Waals surface area contributed by atoms with Crippen molar-refractivity contribution in [1.29, 1.82) is 0 Å². The SMILES string of the molecule is Fc1ccc(-c2ccc(Cl)c(Cl)c2Cl)nc1-c1ccc(Cl)c(Cl)c1Cl. The molecular weight excluding hydrogens is 450 g/mol. The van der Waals surface area contributed by atoms with E-state index >= 15 is 0 Å². The molecule has 0 N–H and O–H groups in total. The number of benzene rings is 2. The summed E-state index contributed by atoms with van der Waals surface area (Å²) in [6, 6.07) is 9.04. The molecule has 8 heteroatoms. The fourth-order valence-electron chi connectivity index (χ4n) is 2.21. The summed E-state index contributed by atoms with van der Waals surface area (Å²) in [4.78, 5) is 4.33. The van der Waals surface area contributed by atoms with Gasteiger partial charge in [-0.25, -0.2) is 9.37 Å². The van der Waals surface area contributed by atoms with Crippen LogP contribution in [0.5, 0.6) is 0 Å². The van der Waals surface area contributed by atoms with Crippen molar-refractivity contribution >= 4 is 69.6 Å². The Morgan fingerprint density at radius 2 is 1.12 bits per heavy atom. The first-order valence-corrected chi connectivity index (χ1v) is 9.02. The van der Waals surface area contributed by atoms with Gasteiger partial charge in [-0.1, -0.05) is 69.6 Å². The molecule has 128 valence electrons.